The molecule has 19 heavy (non-hydrogen) atoms. The first-order valence-electron chi connectivity index (χ1n) is 6.60. The van der Waals surface area contributed by atoms with Crippen LogP contribution in [0.5, 0.6) is 0 Å². The molecule has 0 radical (unpaired) electrons. The number of rotatable bonds is 3. The van der Waals surface area contributed by atoms with E-state index in [0.29, 0.717) is 12.4 Å². The molecule has 0 unspecified atom stereocenters. The van der Waals surface area contributed by atoms with Crippen LogP contribution < -0.4 is 0 Å². The second-order valence-electron chi connectivity index (χ2n) is 4.84. The van der Waals surface area contributed by atoms with E-state index < -0.39 is 0 Å². The van der Waals surface area contributed by atoms with Crippen LogP contribution in [0.25, 0.3) is 11.0 Å². The summed E-state index contributed by atoms with van der Waals surface area (Å²) in [5, 5.41) is 0.965. The summed E-state index contributed by atoms with van der Waals surface area (Å²) in [6.07, 6.45) is 2.15. The van der Waals surface area contributed by atoms with Crippen molar-refractivity contribution >= 4 is 16.9 Å². The quantitative estimate of drug-likeness (QED) is 0.851. The van der Waals surface area contributed by atoms with Gasteiger partial charge in [-0.05, 0) is 18.9 Å². The molecule has 1 fully saturated rings. The number of ether oxygens (including phenoxy) is 1. The Hall–Kier alpha value is -1.81. The van der Waals surface area contributed by atoms with Gasteiger partial charge in [-0.15, -0.1) is 0 Å². The molecule has 100 valence electrons. The first kappa shape index (κ1) is 12.2. The number of carbonyl (C=O) groups excluding carboxylic acids is 1. The van der Waals surface area contributed by atoms with Gasteiger partial charge in [-0.25, -0.2) is 0 Å². The average molecular weight is 259 g/mol. The molecular formula is C15H17NO3. The molecule has 0 saturated carbocycles. The largest absolute Gasteiger partial charge is 0.451 e. The van der Waals surface area contributed by atoms with Crippen molar-refractivity contribution in [2.75, 3.05) is 20.2 Å². The highest BCUT2D eigenvalue weighted by Gasteiger charge is 2.26. The summed E-state index contributed by atoms with van der Waals surface area (Å²) >= 11 is 0. The summed E-state index contributed by atoms with van der Waals surface area (Å²) in [4.78, 5) is 14.3. The molecule has 0 bridgehead atoms. The van der Waals surface area contributed by atoms with Gasteiger partial charge < -0.3 is 14.1 Å². The molecule has 1 aliphatic rings. The maximum atomic E-state index is 12.5. The number of carbonyl (C=O) groups is 1. The fourth-order valence-electron chi connectivity index (χ4n) is 2.62. The van der Waals surface area contributed by atoms with Crippen molar-refractivity contribution in [3.63, 3.8) is 0 Å². The Balaban J connectivity index is 2.05. The molecule has 0 spiro atoms. The molecule has 4 nitrogen and oxygen atoms in total. The van der Waals surface area contributed by atoms with E-state index in [2.05, 4.69) is 0 Å². The molecule has 4 heteroatoms. The zero-order valence-corrected chi connectivity index (χ0v) is 11.0. The van der Waals surface area contributed by atoms with Gasteiger partial charge in [0, 0.05) is 31.1 Å². The van der Waals surface area contributed by atoms with E-state index in [9.17, 15) is 4.79 Å². The normalized spacial score (nSPS) is 15.3. The van der Waals surface area contributed by atoms with E-state index >= 15 is 0 Å². The van der Waals surface area contributed by atoms with Crippen molar-refractivity contribution in [2.45, 2.75) is 19.4 Å². The molecule has 2 heterocycles. The predicted molar refractivity (Wildman–Crippen MR) is 72.1 cm³/mol. The first-order chi connectivity index (χ1) is 9.31. The number of likely N-dealkylation sites (tertiary alicyclic amines) is 1. The number of amides is 1. The van der Waals surface area contributed by atoms with Crippen molar-refractivity contribution in [1.29, 1.82) is 0 Å². The highest BCUT2D eigenvalue weighted by Crippen LogP contribution is 2.28. The monoisotopic (exact) mass is 259 g/mol. The first-order valence-corrected chi connectivity index (χ1v) is 6.60. The standard InChI is InChI=1S/C15H17NO3/c1-18-10-12-11-6-2-3-7-13(11)19-14(12)15(17)16-8-4-5-9-16/h2-3,6-7H,4-5,8-10H2,1H3. The summed E-state index contributed by atoms with van der Waals surface area (Å²) in [7, 11) is 1.63. The third-order valence-electron chi connectivity index (χ3n) is 3.57. The van der Waals surface area contributed by atoms with E-state index in [0.717, 1.165) is 42.5 Å². The lowest BCUT2D eigenvalue weighted by atomic mass is 10.1. The summed E-state index contributed by atoms with van der Waals surface area (Å²) in [5.74, 6) is 0.422. The number of fused-ring (bicyclic) bond motifs is 1. The lowest BCUT2D eigenvalue weighted by molar-refractivity contribution is 0.0757. The lowest BCUT2D eigenvalue weighted by Gasteiger charge is -2.14. The third-order valence-corrected chi connectivity index (χ3v) is 3.57. The van der Waals surface area contributed by atoms with Gasteiger partial charge in [-0.3, -0.25) is 4.79 Å². The van der Waals surface area contributed by atoms with Crippen molar-refractivity contribution in [3.8, 4) is 0 Å². The van der Waals surface area contributed by atoms with Crippen molar-refractivity contribution in [2.24, 2.45) is 0 Å². The molecule has 1 saturated heterocycles. The second-order valence-corrected chi connectivity index (χ2v) is 4.84. The number of furan rings is 1. The van der Waals surface area contributed by atoms with Crippen molar-refractivity contribution < 1.29 is 13.9 Å². The molecule has 0 aliphatic carbocycles. The average Bonchev–Trinajstić information content (AvgIpc) is 3.06. The van der Waals surface area contributed by atoms with Crippen LogP contribution >= 0.6 is 0 Å². The SMILES string of the molecule is COCc1c(C(=O)N2CCCC2)oc2ccccc12. The molecule has 1 amide bonds. The number of nitrogens with zero attached hydrogens (tertiary/aromatic N) is 1. The smallest absolute Gasteiger partial charge is 0.289 e. The highest BCUT2D eigenvalue weighted by molar-refractivity contribution is 5.99. The minimum atomic E-state index is -0.0132. The number of methoxy groups -OCH3 is 1. The zero-order valence-electron chi connectivity index (χ0n) is 11.0. The molecular weight excluding hydrogens is 242 g/mol. The van der Waals surface area contributed by atoms with Gasteiger partial charge in [0.1, 0.15) is 5.58 Å². The molecule has 1 aromatic carbocycles. The van der Waals surface area contributed by atoms with Gasteiger partial charge in [-0.2, -0.15) is 0 Å². The van der Waals surface area contributed by atoms with Gasteiger partial charge in [0.15, 0.2) is 5.76 Å². The van der Waals surface area contributed by atoms with Crippen LogP contribution in [0.2, 0.25) is 0 Å². The Morgan fingerprint density at radius 3 is 2.79 bits per heavy atom. The Morgan fingerprint density at radius 2 is 2.05 bits per heavy atom. The van der Waals surface area contributed by atoms with E-state index in [1.54, 1.807) is 7.11 Å². The van der Waals surface area contributed by atoms with Gasteiger partial charge in [0.05, 0.1) is 6.61 Å². The second kappa shape index (κ2) is 5.05. The van der Waals surface area contributed by atoms with Crippen LogP contribution in [0.3, 0.4) is 0 Å². The summed E-state index contributed by atoms with van der Waals surface area (Å²) in [6.45, 7) is 2.04. The van der Waals surface area contributed by atoms with E-state index in [1.165, 1.54) is 0 Å². The molecule has 0 N–H and O–H groups in total. The van der Waals surface area contributed by atoms with Crippen molar-refractivity contribution in [1.82, 2.24) is 4.90 Å². The summed E-state index contributed by atoms with van der Waals surface area (Å²) in [5.41, 5.74) is 1.60. The molecule has 0 atom stereocenters. The number of para-hydroxylation sites is 1. The van der Waals surface area contributed by atoms with Crippen LogP contribution in [0.1, 0.15) is 29.0 Å². The highest BCUT2D eigenvalue weighted by atomic mass is 16.5. The summed E-state index contributed by atoms with van der Waals surface area (Å²) in [6, 6.07) is 7.71. The Labute approximate surface area is 111 Å². The van der Waals surface area contributed by atoms with Gasteiger partial charge in [0.25, 0.3) is 5.91 Å². The maximum absolute atomic E-state index is 12.5. The predicted octanol–water partition coefficient (Wildman–Crippen LogP) is 2.82. The molecule has 1 aromatic heterocycles. The number of hydrogen-bond donors (Lipinski definition) is 0. The third kappa shape index (κ3) is 2.12. The minimum Gasteiger partial charge on any atom is -0.451 e. The summed E-state index contributed by atoms with van der Waals surface area (Å²) < 4.78 is 11.0. The van der Waals surface area contributed by atoms with E-state index in [4.69, 9.17) is 9.15 Å². The van der Waals surface area contributed by atoms with Crippen LogP contribution in [0, 0.1) is 0 Å². The van der Waals surface area contributed by atoms with Crippen LogP contribution in [0.4, 0.5) is 0 Å². The van der Waals surface area contributed by atoms with Crippen molar-refractivity contribution in [3.05, 3.63) is 35.6 Å². The van der Waals surface area contributed by atoms with Gasteiger partial charge >= 0.3 is 0 Å². The molecule has 2 aromatic rings. The Kier molecular flexibility index (Phi) is 3.25. The van der Waals surface area contributed by atoms with E-state index in [1.807, 2.05) is 29.2 Å². The lowest BCUT2D eigenvalue weighted by Crippen LogP contribution is -2.28. The van der Waals surface area contributed by atoms with Gasteiger partial charge in [-0.1, -0.05) is 18.2 Å². The number of benzene rings is 1. The fraction of sp³-hybridized carbons (Fsp3) is 0.400. The minimum absolute atomic E-state index is 0.0132. The van der Waals surface area contributed by atoms with Crippen LogP contribution in [-0.2, 0) is 11.3 Å². The Morgan fingerprint density at radius 1 is 1.32 bits per heavy atom. The van der Waals surface area contributed by atoms with Crippen LogP contribution in [-0.4, -0.2) is 31.0 Å². The van der Waals surface area contributed by atoms with Gasteiger partial charge in [0.2, 0.25) is 0 Å². The van der Waals surface area contributed by atoms with E-state index in [-0.39, 0.29) is 5.91 Å². The maximum Gasteiger partial charge on any atom is 0.289 e. The Bertz CT molecular complexity index is 596. The molecule has 1 aliphatic heterocycles. The fourth-order valence-corrected chi connectivity index (χ4v) is 2.62. The topological polar surface area (TPSA) is 42.7 Å². The van der Waals surface area contributed by atoms with Crippen LogP contribution in [0.15, 0.2) is 28.7 Å². The number of hydrogen-bond acceptors (Lipinski definition) is 3. The molecule has 3 rings (SSSR count). The zero-order chi connectivity index (χ0) is 13.2.